The molecule has 0 atom stereocenters. The van der Waals surface area contributed by atoms with Crippen molar-refractivity contribution in [1.82, 2.24) is 5.32 Å². The predicted octanol–water partition coefficient (Wildman–Crippen LogP) is 0.726. The third-order valence-corrected chi connectivity index (χ3v) is 1.75. The molecule has 1 saturated heterocycles. The second-order valence-corrected chi connectivity index (χ2v) is 2.57. The third kappa shape index (κ3) is 9.37. The first-order valence-electron chi connectivity index (χ1n) is 4.18. The van der Waals surface area contributed by atoms with E-state index in [2.05, 4.69) is 21.4 Å². The highest BCUT2D eigenvalue weighted by atomic mass is 35.5. The Labute approximate surface area is 90.2 Å². The second kappa shape index (κ2) is 12.3. The molecule has 0 spiro atoms. The molecule has 84 valence electrons. The van der Waals surface area contributed by atoms with Crippen LogP contribution in [-0.4, -0.2) is 32.6 Å². The third-order valence-electron chi connectivity index (χ3n) is 1.75. The fraction of sp³-hybridized carbons (Fsp3) is 0.857. The van der Waals surface area contributed by atoms with Crippen LogP contribution in [0.15, 0.2) is 10.2 Å². The maximum absolute atomic E-state index is 6.00. The van der Waals surface area contributed by atoms with Crippen LogP contribution in [0.4, 0.5) is 0 Å². The predicted molar refractivity (Wildman–Crippen MR) is 58.0 cm³/mol. The number of hydrogen-bond donors (Lipinski definition) is 3. The quantitative estimate of drug-likeness (QED) is 0.212. The highest BCUT2D eigenvalue weighted by molar-refractivity contribution is 5.85. The molecule has 0 aromatic heterocycles. The molecule has 0 unspecified atom stereocenters. The SMILES string of the molecule is CNC1CCOCC1.Cl.N=NC=NN. The Hall–Kier alpha value is -0.720. The van der Waals surface area contributed by atoms with E-state index in [1.165, 1.54) is 12.8 Å². The summed E-state index contributed by atoms with van der Waals surface area (Å²) in [5, 5.41) is 8.79. The fourth-order valence-corrected chi connectivity index (χ4v) is 1.02. The summed E-state index contributed by atoms with van der Waals surface area (Å²) in [6, 6.07) is 0.712. The Kier molecular flexibility index (Phi) is 13.8. The number of nitrogens with one attached hydrogen (secondary N) is 2. The van der Waals surface area contributed by atoms with E-state index in [1.807, 2.05) is 7.05 Å². The molecule has 1 fully saturated rings. The number of hydrazone groups is 1. The Balaban J connectivity index is 0. The number of rotatable bonds is 2. The van der Waals surface area contributed by atoms with E-state index in [0.29, 0.717) is 6.04 Å². The number of nitrogens with zero attached hydrogens (tertiary/aromatic N) is 2. The monoisotopic (exact) mass is 223 g/mol. The van der Waals surface area contributed by atoms with E-state index < -0.39 is 0 Å². The lowest BCUT2D eigenvalue weighted by atomic mass is 10.1. The van der Waals surface area contributed by atoms with Gasteiger partial charge in [-0.25, -0.2) is 5.53 Å². The Morgan fingerprint density at radius 1 is 1.50 bits per heavy atom. The molecule has 4 N–H and O–H groups in total. The van der Waals surface area contributed by atoms with Gasteiger partial charge in [-0.15, -0.1) is 17.5 Å². The van der Waals surface area contributed by atoms with Gasteiger partial charge in [-0.05, 0) is 19.9 Å². The number of ether oxygens (including phenoxy) is 1. The molecular weight excluding hydrogens is 206 g/mol. The summed E-state index contributed by atoms with van der Waals surface area (Å²) in [5.41, 5.74) is 6.00. The van der Waals surface area contributed by atoms with Gasteiger partial charge in [0.1, 0.15) is 0 Å². The second-order valence-electron chi connectivity index (χ2n) is 2.57. The van der Waals surface area contributed by atoms with Gasteiger partial charge in [-0.2, -0.15) is 5.10 Å². The van der Waals surface area contributed by atoms with Crippen LogP contribution in [-0.2, 0) is 4.74 Å². The van der Waals surface area contributed by atoms with E-state index in [0.717, 1.165) is 19.6 Å². The Morgan fingerprint density at radius 2 is 2.07 bits per heavy atom. The van der Waals surface area contributed by atoms with Crippen LogP contribution in [0.1, 0.15) is 12.8 Å². The van der Waals surface area contributed by atoms with Crippen LogP contribution in [0.2, 0.25) is 0 Å². The van der Waals surface area contributed by atoms with Crippen molar-refractivity contribution >= 4 is 18.7 Å². The molecule has 1 rings (SSSR count). The summed E-state index contributed by atoms with van der Waals surface area (Å²) >= 11 is 0. The largest absolute Gasteiger partial charge is 0.381 e. The molecule has 0 amide bonds. The van der Waals surface area contributed by atoms with Crippen LogP contribution < -0.4 is 11.2 Å². The maximum atomic E-state index is 6.00. The van der Waals surface area contributed by atoms with Gasteiger partial charge in [-0.1, -0.05) is 0 Å². The molecule has 0 aromatic carbocycles. The van der Waals surface area contributed by atoms with Crippen LogP contribution in [0, 0.1) is 5.53 Å². The van der Waals surface area contributed by atoms with Gasteiger partial charge in [0.15, 0.2) is 6.34 Å². The highest BCUT2D eigenvalue weighted by Gasteiger charge is 2.09. The van der Waals surface area contributed by atoms with Crippen LogP contribution in [0.5, 0.6) is 0 Å². The molecule has 1 aliphatic heterocycles. The number of halogens is 1. The van der Waals surface area contributed by atoms with Crippen molar-refractivity contribution in [1.29, 1.82) is 5.53 Å². The lowest BCUT2D eigenvalue weighted by Gasteiger charge is -2.20. The molecule has 7 heteroatoms. The Bertz CT molecular complexity index is 149. The summed E-state index contributed by atoms with van der Waals surface area (Å²) < 4.78 is 5.16. The molecule has 0 aromatic rings. The van der Waals surface area contributed by atoms with Gasteiger partial charge < -0.3 is 15.9 Å². The van der Waals surface area contributed by atoms with Gasteiger partial charge in [0, 0.05) is 19.3 Å². The lowest BCUT2D eigenvalue weighted by Crippen LogP contribution is -2.31. The summed E-state index contributed by atoms with van der Waals surface area (Å²) in [7, 11) is 2.01. The number of nitrogens with two attached hydrogens (primary N) is 1. The van der Waals surface area contributed by atoms with Gasteiger partial charge in [-0.3, -0.25) is 0 Å². The summed E-state index contributed by atoms with van der Waals surface area (Å²) in [6.45, 7) is 1.87. The zero-order valence-corrected chi connectivity index (χ0v) is 9.09. The van der Waals surface area contributed by atoms with Crippen molar-refractivity contribution in [2.24, 2.45) is 16.1 Å². The van der Waals surface area contributed by atoms with Gasteiger partial charge >= 0.3 is 0 Å². The molecule has 14 heavy (non-hydrogen) atoms. The molecule has 0 radical (unpaired) electrons. The Morgan fingerprint density at radius 3 is 2.29 bits per heavy atom. The first kappa shape index (κ1) is 15.7. The standard InChI is InChI=1S/C6H13NO.CH4N4.ClH/c1-7-6-2-4-8-5-3-6;2-4-1-5-3;/h6-7H,2-5H2,1H3;1-2H,3H2;1H. The summed E-state index contributed by atoms with van der Waals surface area (Å²) in [4.78, 5) is 0. The van der Waals surface area contributed by atoms with E-state index in [1.54, 1.807) is 0 Å². The van der Waals surface area contributed by atoms with E-state index in [-0.39, 0.29) is 12.4 Å². The van der Waals surface area contributed by atoms with Crippen molar-refractivity contribution in [2.75, 3.05) is 20.3 Å². The zero-order chi connectivity index (χ0) is 9.94. The fourth-order valence-electron chi connectivity index (χ4n) is 1.02. The minimum atomic E-state index is 0. The van der Waals surface area contributed by atoms with Crippen molar-refractivity contribution in [3.8, 4) is 0 Å². The normalized spacial score (nSPS) is 16.6. The molecular formula is C7H18ClN5O. The minimum absolute atomic E-state index is 0. The molecule has 0 aliphatic carbocycles. The van der Waals surface area contributed by atoms with E-state index in [4.69, 9.17) is 10.3 Å². The smallest absolute Gasteiger partial charge is 0.156 e. The van der Waals surface area contributed by atoms with Gasteiger partial charge in [0.25, 0.3) is 0 Å². The molecule has 1 aliphatic rings. The summed E-state index contributed by atoms with van der Waals surface area (Å²) in [6.07, 6.45) is 3.30. The molecule has 0 saturated carbocycles. The average Bonchev–Trinajstić information content (AvgIpc) is 2.21. The van der Waals surface area contributed by atoms with E-state index >= 15 is 0 Å². The van der Waals surface area contributed by atoms with Crippen molar-refractivity contribution in [3.05, 3.63) is 0 Å². The zero-order valence-electron chi connectivity index (χ0n) is 8.27. The molecule has 0 bridgehead atoms. The van der Waals surface area contributed by atoms with Gasteiger partial charge in [0.2, 0.25) is 0 Å². The lowest BCUT2D eigenvalue weighted by molar-refractivity contribution is 0.0799. The number of hydrogen-bond acceptors (Lipinski definition) is 5. The average molecular weight is 224 g/mol. The van der Waals surface area contributed by atoms with Crippen molar-refractivity contribution in [2.45, 2.75) is 18.9 Å². The minimum Gasteiger partial charge on any atom is -0.381 e. The van der Waals surface area contributed by atoms with Crippen LogP contribution in [0.3, 0.4) is 0 Å². The topological polar surface area (TPSA) is 95.8 Å². The van der Waals surface area contributed by atoms with Crippen LogP contribution >= 0.6 is 12.4 Å². The van der Waals surface area contributed by atoms with Gasteiger partial charge in [0.05, 0.1) is 0 Å². The first-order valence-corrected chi connectivity index (χ1v) is 4.18. The molecule has 1 heterocycles. The van der Waals surface area contributed by atoms with E-state index in [9.17, 15) is 0 Å². The van der Waals surface area contributed by atoms with Crippen LogP contribution in [0.25, 0.3) is 0 Å². The van der Waals surface area contributed by atoms with Crippen molar-refractivity contribution in [3.63, 3.8) is 0 Å². The molecule has 6 nitrogen and oxygen atoms in total. The maximum Gasteiger partial charge on any atom is 0.156 e. The highest BCUT2D eigenvalue weighted by Crippen LogP contribution is 2.04. The summed E-state index contributed by atoms with van der Waals surface area (Å²) in [5.74, 6) is 4.49. The van der Waals surface area contributed by atoms with Crippen molar-refractivity contribution < 1.29 is 4.74 Å². The first-order chi connectivity index (χ1) is 6.35.